The summed E-state index contributed by atoms with van der Waals surface area (Å²) < 4.78 is 35.8. The first kappa shape index (κ1) is 22.1. The Bertz CT molecular complexity index is 746. The summed E-state index contributed by atoms with van der Waals surface area (Å²) in [5, 5.41) is 0. The first-order valence-corrected chi connectivity index (χ1v) is 11.3. The van der Waals surface area contributed by atoms with Gasteiger partial charge in [-0.3, -0.25) is 9.89 Å². The highest BCUT2D eigenvalue weighted by atomic mass is 32.2. The zero-order valence-corrected chi connectivity index (χ0v) is 18.0. The number of aliphatic imine (C=N–C) groups is 1. The van der Waals surface area contributed by atoms with Gasteiger partial charge in [-0.2, -0.15) is 0 Å². The number of carbonyl (C=O) groups is 1. The van der Waals surface area contributed by atoms with Crippen LogP contribution >= 0.6 is 23.5 Å². The fraction of sp³-hybridized carbons (Fsp3) is 0.556. The van der Waals surface area contributed by atoms with Crippen LogP contribution in [0.15, 0.2) is 17.1 Å². The topological polar surface area (TPSA) is 66.4 Å². The van der Waals surface area contributed by atoms with E-state index in [1.807, 2.05) is 0 Å². The van der Waals surface area contributed by atoms with Gasteiger partial charge in [0.2, 0.25) is 0 Å². The van der Waals surface area contributed by atoms with E-state index in [1.54, 1.807) is 42.4 Å². The molecule has 0 spiro atoms. The van der Waals surface area contributed by atoms with Crippen molar-refractivity contribution in [2.75, 3.05) is 61.1 Å². The number of amides is 1. The Kier molecular flexibility index (Phi) is 7.99. The minimum atomic E-state index is -0.728. The molecule has 1 N–H and O–H groups in total. The molecule has 29 heavy (non-hydrogen) atoms. The number of hydroxylamine groups is 1. The minimum absolute atomic E-state index is 0.133. The molecule has 2 aliphatic rings. The quantitative estimate of drug-likeness (QED) is 0.462. The SMILES string of the molecule is CCN(CCONC)c1c(F)cc(N2C[C@H](CSC3=NCCS3)OC2=O)cc1F. The number of likely N-dealkylation sites (N-methyl/N-ethyl adjacent to an activating group) is 1. The molecule has 0 saturated carbocycles. The summed E-state index contributed by atoms with van der Waals surface area (Å²) in [6, 6.07) is 2.35. The molecular formula is C18H24F2N4O3S2. The number of cyclic esters (lactones) is 1. The summed E-state index contributed by atoms with van der Waals surface area (Å²) in [5.41, 5.74) is 2.55. The summed E-state index contributed by atoms with van der Waals surface area (Å²) in [4.78, 5) is 24.4. The number of halogens is 2. The molecule has 1 amide bonds. The highest BCUT2D eigenvalue weighted by molar-refractivity contribution is 8.39. The number of nitrogens with one attached hydrogen (secondary N) is 1. The number of rotatable bonds is 9. The maximum atomic E-state index is 14.7. The molecule has 1 saturated heterocycles. The molecule has 0 aromatic heterocycles. The molecular weight excluding hydrogens is 422 g/mol. The lowest BCUT2D eigenvalue weighted by Crippen LogP contribution is -2.31. The molecule has 160 valence electrons. The van der Waals surface area contributed by atoms with Crippen molar-refractivity contribution in [3.05, 3.63) is 23.8 Å². The monoisotopic (exact) mass is 446 g/mol. The summed E-state index contributed by atoms with van der Waals surface area (Å²) >= 11 is 3.23. The predicted octanol–water partition coefficient (Wildman–Crippen LogP) is 3.10. The summed E-state index contributed by atoms with van der Waals surface area (Å²) in [5.74, 6) is 0.0774. The van der Waals surface area contributed by atoms with Gasteiger partial charge in [0, 0.05) is 43.8 Å². The average Bonchev–Trinajstić information content (AvgIpc) is 3.34. The Morgan fingerprint density at radius 2 is 2.21 bits per heavy atom. The first-order valence-electron chi connectivity index (χ1n) is 9.34. The molecule has 1 aromatic carbocycles. The van der Waals surface area contributed by atoms with Crippen LogP contribution < -0.4 is 15.3 Å². The van der Waals surface area contributed by atoms with Gasteiger partial charge in [0.05, 0.1) is 25.4 Å². The van der Waals surface area contributed by atoms with Gasteiger partial charge < -0.3 is 14.5 Å². The molecule has 0 aliphatic carbocycles. The van der Waals surface area contributed by atoms with Gasteiger partial charge >= 0.3 is 6.09 Å². The second kappa shape index (κ2) is 10.5. The largest absolute Gasteiger partial charge is 0.443 e. The molecule has 1 fully saturated rings. The van der Waals surface area contributed by atoms with Crippen LogP contribution in [0.1, 0.15) is 6.92 Å². The molecule has 7 nitrogen and oxygen atoms in total. The van der Waals surface area contributed by atoms with E-state index in [-0.39, 0.29) is 30.6 Å². The number of anilines is 2. The maximum absolute atomic E-state index is 14.7. The van der Waals surface area contributed by atoms with E-state index >= 15 is 0 Å². The van der Waals surface area contributed by atoms with Crippen molar-refractivity contribution in [3.8, 4) is 0 Å². The molecule has 2 aliphatic heterocycles. The molecule has 2 heterocycles. The van der Waals surface area contributed by atoms with Gasteiger partial charge in [-0.15, -0.1) is 0 Å². The van der Waals surface area contributed by atoms with Crippen LogP contribution in [0.3, 0.4) is 0 Å². The second-order valence-electron chi connectivity index (χ2n) is 6.31. The van der Waals surface area contributed by atoms with Crippen LogP contribution in [-0.4, -0.2) is 67.9 Å². The van der Waals surface area contributed by atoms with Crippen molar-refractivity contribution in [2.24, 2.45) is 4.99 Å². The van der Waals surface area contributed by atoms with Crippen molar-refractivity contribution in [3.63, 3.8) is 0 Å². The zero-order valence-electron chi connectivity index (χ0n) is 16.3. The molecule has 3 rings (SSSR count). The number of carbonyl (C=O) groups excluding carboxylic acids is 1. The van der Waals surface area contributed by atoms with Crippen LogP contribution in [-0.2, 0) is 9.57 Å². The van der Waals surface area contributed by atoms with Gasteiger partial charge in [0.15, 0.2) is 11.6 Å². The minimum Gasteiger partial charge on any atom is -0.443 e. The number of nitrogens with zero attached hydrogens (tertiary/aromatic N) is 3. The van der Waals surface area contributed by atoms with Gasteiger partial charge in [0.1, 0.15) is 16.2 Å². The number of hydrogen-bond acceptors (Lipinski definition) is 8. The van der Waals surface area contributed by atoms with Gasteiger partial charge in [0.25, 0.3) is 0 Å². The number of hydrogen-bond donors (Lipinski definition) is 1. The number of benzene rings is 1. The molecule has 1 atom stereocenters. The summed E-state index contributed by atoms with van der Waals surface area (Å²) in [6.07, 6.45) is -0.953. The predicted molar refractivity (Wildman–Crippen MR) is 114 cm³/mol. The van der Waals surface area contributed by atoms with Crippen LogP contribution in [0.5, 0.6) is 0 Å². The van der Waals surface area contributed by atoms with E-state index < -0.39 is 17.7 Å². The Labute approximate surface area is 177 Å². The van der Waals surface area contributed by atoms with Crippen LogP contribution in [0.2, 0.25) is 0 Å². The van der Waals surface area contributed by atoms with Crippen molar-refractivity contribution in [2.45, 2.75) is 13.0 Å². The third-order valence-corrected chi connectivity index (χ3v) is 6.83. The van der Waals surface area contributed by atoms with Gasteiger partial charge in [-0.25, -0.2) is 19.1 Å². The molecule has 11 heteroatoms. The first-order chi connectivity index (χ1) is 14.0. The highest BCUT2D eigenvalue weighted by Crippen LogP contribution is 2.32. The van der Waals surface area contributed by atoms with E-state index in [2.05, 4.69) is 10.5 Å². The Morgan fingerprint density at radius 3 is 2.83 bits per heavy atom. The Morgan fingerprint density at radius 1 is 1.45 bits per heavy atom. The number of ether oxygens (including phenoxy) is 1. The molecule has 1 aromatic rings. The van der Waals surface area contributed by atoms with E-state index in [9.17, 15) is 13.6 Å². The summed E-state index contributed by atoms with van der Waals surface area (Å²) in [7, 11) is 1.62. The Balaban J connectivity index is 1.68. The molecule has 0 radical (unpaired) electrons. The molecule has 0 unspecified atom stereocenters. The van der Waals surface area contributed by atoms with Gasteiger partial charge in [-0.05, 0) is 6.92 Å². The van der Waals surface area contributed by atoms with Crippen molar-refractivity contribution >= 4 is 45.4 Å². The third kappa shape index (κ3) is 5.53. The van der Waals surface area contributed by atoms with Crippen LogP contribution in [0.4, 0.5) is 25.0 Å². The summed E-state index contributed by atoms with van der Waals surface area (Å²) in [6.45, 7) is 3.86. The van der Waals surface area contributed by atoms with E-state index in [1.165, 1.54) is 17.0 Å². The maximum Gasteiger partial charge on any atom is 0.414 e. The van der Waals surface area contributed by atoms with E-state index in [0.717, 1.165) is 16.7 Å². The third-order valence-electron chi connectivity index (χ3n) is 4.44. The van der Waals surface area contributed by atoms with Crippen molar-refractivity contribution in [1.82, 2.24) is 5.48 Å². The van der Waals surface area contributed by atoms with E-state index in [0.29, 0.717) is 18.8 Å². The fourth-order valence-corrected chi connectivity index (χ4v) is 5.09. The lowest BCUT2D eigenvalue weighted by Gasteiger charge is -2.25. The second-order valence-corrected chi connectivity index (χ2v) is 8.66. The standard InChI is InChI=1S/C18H24F2N4O3S2/c1-3-23(5-6-26-21-2)16-14(19)8-12(9-15(16)20)24-10-13(27-18(24)25)11-29-17-22-4-7-28-17/h8-9,13,21H,3-7,10-11H2,1-2H3/t13-/m1/s1. The fourth-order valence-electron chi connectivity index (χ4n) is 3.08. The van der Waals surface area contributed by atoms with Crippen molar-refractivity contribution in [1.29, 1.82) is 0 Å². The lowest BCUT2D eigenvalue weighted by atomic mass is 10.2. The Hall–Kier alpha value is -1.56. The highest BCUT2D eigenvalue weighted by Gasteiger charge is 2.34. The van der Waals surface area contributed by atoms with Crippen molar-refractivity contribution < 1.29 is 23.1 Å². The smallest absolute Gasteiger partial charge is 0.414 e. The normalized spacial score (nSPS) is 18.9. The van der Waals surface area contributed by atoms with Crippen LogP contribution in [0.25, 0.3) is 0 Å². The number of thioether (sulfide) groups is 2. The lowest BCUT2D eigenvalue weighted by molar-refractivity contribution is 0.0631. The van der Waals surface area contributed by atoms with E-state index in [4.69, 9.17) is 9.57 Å². The average molecular weight is 447 g/mol. The van der Waals surface area contributed by atoms with Gasteiger partial charge in [-0.1, -0.05) is 23.5 Å². The molecule has 0 bridgehead atoms. The van der Waals surface area contributed by atoms with Crippen LogP contribution in [0, 0.1) is 11.6 Å². The zero-order chi connectivity index (χ0) is 20.8.